The number of nitrogens with one attached hydrogen (secondary N) is 3. The van der Waals surface area contributed by atoms with Crippen LogP contribution in [0.3, 0.4) is 0 Å². The summed E-state index contributed by atoms with van der Waals surface area (Å²) in [6.07, 6.45) is 1.27. The van der Waals surface area contributed by atoms with Gasteiger partial charge in [-0.05, 0) is 52.7 Å². The predicted molar refractivity (Wildman–Crippen MR) is 95.1 cm³/mol. The number of rotatable bonds is 2. The Morgan fingerprint density at radius 2 is 1.56 bits per heavy atom. The molecule has 2 rings (SSSR count). The molecule has 0 radical (unpaired) electrons. The summed E-state index contributed by atoms with van der Waals surface area (Å²) in [7, 11) is 0. The summed E-state index contributed by atoms with van der Waals surface area (Å²) in [4.78, 5) is 24.1. The maximum atomic E-state index is 13.8. The first-order valence-electron chi connectivity index (χ1n) is 7.94. The lowest BCUT2D eigenvalue weighted by Gasteiger charge is -2.46. The van der Waals surface area contributed by atoms with Crippen molar-refractivity contribution in [1.29, 1.82) is 0 Å². The fraction of sp³-hybridized carbons (Fsp3) is 0.529. The maximum absolute atomic E-state index is 13.8. The summed E-state index contributed by atoms with van der Waals surface area (Å²) < 4.78 is 27.7. The normalized spacial score (nSPS) is 19.3. The lowest BCUT2D eigenvalue weighted by molar-refractivity contribution is -0.137. The molecule has 0 spiro atoms. The number of halogens is 3. The van der Waals surface area contributed by atoms with Crippen molar-refractivity contribution in [2.45, 2.75) is 57.7 Å². The van der Waals surface area contributed by atoms with Crippen molar-refractivity contribution >= 4 is 33.4 Å². The average Bonchev–Trinajstić information content (AvgIpc) is 2.38. The third kappa shape index (κ3) is 5.22. The van der Waals surface area contributed by atoms with Gasteiger partial charge in [0, 0.05) is 21.6 Å². The van der Waals surface area contributed by atoms with Gasteiger partial charge in [0.1, 0.15) is 5.69 Å². The minimum absolute atomic E-state index is 0.198. The molecule has 0 saturated carbocycles. The number of carbonyl (C=O) groups excluding carboxylic acids is 2. The van der Waals surface area contributed by atoms with Gasteiger partial charge in [0.15, 0.2) is 11.6 Å². The minimum atomic E-state index is -1.10. The number of benzene rings is 1. The second kappa shape index (κ2) is 6.99. The van der Waals surface area contributed by atoms with Crippen LogP contribution in [0.4, 0.5) is 14.5 Å². The van der Waals surface area contributed by atoms with Crippen LogP contribution in [0.1, 0.15) is 40.5 Å². The molecule has 1 fully saturated rings. The molecule has 3 N–H and O–H groups in total. The standard InChI is InChI=1S/C17H22BrF2N3O2/c1-16(2)7-10(8-17(3,4)23-16)21-14(24)15(25)22-13-11(19)5-9(18)6-12(13)20/h5-6,10,23H,7-8H2,1-4H3,(H,21,24)(H,22,25). The zero-order valence-corrected chi connectivity index (χ0v) is 16.2. The molecule has 1 aliphatic rings. The smallest absolute Gasteiger partial charge is 0.313 e. The lowest BCUT2D eigenvalue weighted by Crippen LogP contribution is -2.62. The fourth-order valence-electron chi connectivity index (χ4n) is 3.51. The van der Waals surface area contributed by atoms with Gasteiger partial charge in [-0.3, -0.25) is 9.59 Å². The van der Waals surface area contributed by atoms with Crippen molar-refractivity contribution in [2.24, 2.45) is 0 Å². The van der Waals surface area contributed by atoms with Gasteiger partial charge in [-0.2, -0.15) is 0 Å². The summed E-state index contributed by atoms with van der Waals surface area (Å²) in [6, 6.07) is 1.80. The molecule has 0 bridgehead atoms. The number of anilines is 1. The molecule has 2 amide bonds. The third-order valence-electron chi connectivity index (χ3n) is 3.98. The average molecular weight is 418 g/mol. The van der Waals surface area contributed by atoms with Crippen LogP contribution in [0, 0.1) is 11.6 Å². The van der Waals surface area contributed by atoms with E-state index in [1.165, 1.54) is 0 Å². The Labute approximate surface area is 154 Å². The van der Waals surface area contributed by atoms with Crippen molar-refractivity contribution in [3.63, 3.8) is 0 Å². The van der Waals surface area contributed by atoms with Gasteiger partial charge in [-0.25, -0.2) is 8.78 Å². The number of amides is 2. The van der Waals surface area contributed by atoms with Crippen LogP contribution in [0.5, 0.6) is 0 Å². The van der Waals surface area contributed by atoms with Gasteiger partial charge in [0.05, 0.1) is 0 Å². The summed E-state index contributed by atoms with van der Waals surface area (Å²) >= 11 is 2.95. The van der Waals surface area contributed by atoms with Gasteiger partial charge in [-0.15, -0.1) is 0 Å². The van der Waals surface area contributed by atoms with Crippen molar-refractivity contribution in [2.75, 3.05) is 5.32 Å². The van der Waals surface area contributed by atoms with Crippen molar-refractivity contribution in [1.82, 2.24) is 10.6 Å². The second-order valence-corrected chi connectivity index (χ2v) is 8.59. The van der Waals surface area contributed by atoms with Gasteiger partial charge >= 0.3 is 11.8 Å². The summed E-state index contributed by atoms with van der Waals surface area (Å²) in [5.41, 5.74) is -1.06. The zero-order valence-electron chi connectivity index (χ0n) is 14.6. The zero-order chi connectivity index (χ0) is 19.0. The van der Waals surface area contributed by atoms with Crippen LogP contribution in [-0.2, 0) is 9.59 Å². The molecule has 8 heteroatoms. The first kappa shape index (κ1) is 19.8. The first-order chi connectivity index (χ1) is 11.4. The predicted octanol–water partition coefficient (Wildman–Crippen LogP) is 3.09. The highest BCUT2D eigenvalue weighted by Gasteiger charge is 2.38. The Kier molecular flexibility index (Phi) is 5.53. The lowest BCUT2D eigenvalue weighted by atomic mass is 9.79. The van der Waals surface area contributed by atoms with Crippen LogP contribution in [0.15, 0.2) is 16.6 Å². The summed E-state index contributed by atoms with van der Waals surface area (Å²) in [6.45, 7) is 8.05. The van der Waals surface area contributed by atoms with Crippen molar-refractivity contribution < 1.29 is 18.4 Å². The van der Waals surface area contributed by atoms with Crippen molar-refractivity contribution in [3.8, 4) is 0 Å². The number of hydrogen-bond donors (Lipinski definition) is 3. The molecule has 1 aromatic rings. The van der Waals surface area contributed by atoms with Gasteiger partial charge in [0.2, 0.25) is 0 Å². The maximum Gasteiger partial charge on any atom is 0.313 e. The van der Waals surface area contributed by atoms with Crippen LogP contribution in [0.2, 0.25) is 0 Å². The number of hydrogen-bond acceptors (Lipinski definition) is 3. The van der Waals surface area contributed by atoms with Gasteiger partial charge in [-0.1, -0.05) is 15.9 Å². The monoisotopic (exact) mass is 417 g/mol. The van der Waals surface area contributed by atoms with E-state index in [9.17, 15) is 18.4 Å². The molecule has 25 heavy (non-hydrogen) atoms. The fourth-order valence-corrected chi connectivity index (χ4v) is 3.91. The summed E-state index contributed by atoms with van der Waals surface area (Å²) in [5, 5.41) is 8.12. The minimum Gasteiger partial charge on any atom is -0.345 e. The Hall–Kier alpha value is -1.54. The molecule has 0 aromatic heterocycles. The largest absolute Gasteiger partial charge is 0.345 e. The van der Waals surface area contributed by atoms with Crippen LogP contribution >= 0.6 is 15.9 Å². The van der Waals surface area contributed by atoms with Gasteiger partial charge < -0.3 is 16.0 Å². The van der Waals surface area contributed by atoms with E-state index in [0.717, 1.165) is 12.1 Å². The molecule has 1 aromatic carbocycles. The first-order valence-corrected chi connectivity index (χ1v) is 8.74. The molecule has 0 aliphatic carbocycles. The second-order valence-electron chi connectivity index (χ2n) is 7.67. The van der Waals surface area contributed by atoms with E-state index in [1.54, 1.807) is 0 Å². The topological polar surface area (TPSA) is 70.2 Å². The third-order valence-corrected chi connectivity index (χ3v) is 4.43. The van der Waals surface area contributed by atoms with E-state index < -0.39 is 29.1 Å². The van der Waals surface area contributed by atoms with E-state index >= 15 is 0 Å². The SMILES string of the molecule is CC1(C)CC(NC(=O)C(=O)Nc2c(F)cc(Br)cc2F)CC(C)(C)N1. The molecule has 1 saturated heterocycles. The Morgan fingerprint density at radius 3 is 2.04 bits per heavy atom. The van der Waals surface area contributed by atoms with E-state index in [4.69, 9.17) is 0 Å². The Balaban J connectivity index is 2.05. The highest BCUT2D eigenvalue weighted by Crippen LogP contribution is 2.28. The molecule has 1 aliphatic heterocycles. The van der Waals surface area contributed by atoms with E-state index in [1.807, 2.05) is 33.0 Å². The molecular formula is C17H22BrF2N3O2. The number of piperidine rings is 1. The summed E-state index contributed by atoms with van der Waals surface area (Å²) in [5.74, 6) is -3.94. The van der Waals surface area contributed by atoms with Crippen LogP contribution in [0.25, 0.3) is 0 Å². The molecule has 0 unspecified atom stereocenters. The Bertz CT molecular complexity index is 668. The highest BCUT2D eigenvalue weighted by atomic mass is 79.9. The van der Waals surface area contributed by atoms with E-state index in [2.05, 4.69) is 26.6 Å². The molecule has 138 valence electrons. The molecular weight excluding hydrogens is 396 g/mol. The van der Waals surface area contributed by atoms with Gasteiger partial charge in [0.25, 0.3) is 0 Å². The molecule has 0 atom stereocenters. The Morgan fingerprint density at radius 1 is 1.08 bits per heavy atom. The molecule has 1 heterocycles. The van der Waals surface area contributed by atoms with E-state index in [-0.39, 0.29) is 21.6 Å². The van der Waals surface area contributed by atoms with E-state index in [0.29, 0.717) is 12.8 Å². The van der Waals surface area contributed by atoms with Crippen LogP contribution in [-0.4, -0.2) is 28.9 Å². The number of carbonyl (C=O) groups is 2. The van der Waals surface area contributed by atoms with Crippen molar-refractivity contribution in [3.05, 3.63) is 28.2 Å². The highest BCUT2D eigenvalue weighted by molar-refractivity contribution is 9.10. The molecule has 5 nitrogen and oxygen atoms in total. The van der Waals surface area contributed by atoms with Crippen LogP contribution < -0.4 is 16.0 Å². The quantitative estimate of drug-likeness (QED) is 0.647.